The first-order chi connectivity index (χ1) is 30.8. The molecule has 0 bridgehead atoms. The topological polar surface area (TPSA) is 422 Å². The molecule has 0 unspecified atom stereocenters. The van der Waals surface area contributed by atoms with E-state index in [0.29, 0.717) is 11.6 Å². The van der Waals surface area contributed by atoms with Crippen LogP contribution in [0.2, 0.25) is 0 Å². The number of azo groups is 3. The Balaban J connectivity index is 0.000000297. The van der Waals surface area contributed by atoms with Crippen LogP contribution < -0.4 is 20.8 Å². The molecule has 0 aliphatic rings. The van der Waals surface area contributed by atoms with Crippen LogP contribution >= 0.6 is 0 Å². The van der Waals surface area contributed by atoms with Gasteiger partial charge in [0.15, 0.2) is 11.4 Å². The number of pyridine rings is 1. The van der Waals surface area contributed by atoms with Gasteiger partial charge in [-0.1, -0.05) is 0 Å². The van der Waals surface area contributed by atoms with Gasteiger partial charge in [-0.15, -0.1) is 15.3 Å². The molecule has 5 aromatic rings. The molecule has 5 rings (SSSR count). The van der Waals surface area contributed by atoms with Gasteiger partial charge in [0.1, 0.15) is 62.9 Å². The maximum Gasteiger partial charge on any atom is 0.296 e. The number of rotatable bonds is 16. The number of primary amides is 1. The number of nitrogens with zero attached hydrogens (tertiary/aromatic N) is 7. The number of hydrogen-bond donors (Lipinski definition) is 9. The Morgan fingerprint density at radius 1 is 0.727 bits per heavy atom. The molecule has 0 fully saturated rings. The average molecular weight is 981 g/mol. The highest BCUT2D eigenvalue weighted by molar-refractivity contribution is 7.86. The summed E-state index contributed by atoms with van der Waals surface area (Å²) in [6, 6.07) is 8.50. The smallest absolute Gasteiger partial charge is 0.296 e. The highest BCUT2D eigenvalue weighted by atomic mass is 32.2. The summed E-state index contributed by atoms with van der Waals surface area (Å²) in [5.41, 5.74) is 3.59. The number of phenols is 2. The third-order valence-electron chi connectivity index (χ3n) is 8.80. The van der Waals surface area contributed by atoms with Crippen LogP contribution in [0.3, 0.4) is 0 Å². The quantitative estimate of drug-likeness (QED) is 0.0483. The third-order valence-corrected chi connectivity index (χ3v) is 11.4. The molecule has 29 heteroatoms. The lowest BCUT2D eigenvalue weighted by Crippen LogP contribution is -2.25. The number of aliphatic hydroxyl groups is 2. The monoisotopic (exact) mass is 980 g/mol. The number of amides is 1. The minimum Gasteiger partial charge on any atom is -0.507 e. The van der Waals surface area contributed by atoms with Gasteiger partial charge >= 0.3 is 0 Å². The van der Waals surface area contributed by atoms with Gasteiger partial charge in [-0.05, 0) is 68.1 Å². The second-order valence-corrected chi connectivity index (χ2v) is 17.4. The van der Waals surface area contributed by atoms with Crippen LogP contribution in [-0.4, -0.2) is 108 Å². The lowest BCUT2D eigenvalue weighted by molar-refractivity contribution is 0.0995. The fourth-order valence-corrected chi connectivity index (χ4v) is 7.71. The molecular formula is C37H40N8O18S3. The molecule has 66 heavy (non-hydrogen) atoms. The summed E-state index contributed by atoms with van der Waals surface area (Å²) in [6.45, 7) is 3.81. The molecular weight excluding hydrogens is 941 g/mol. The summed E-state index contributed by atoms with van der Waals surface area (Å²) in [5.74, 6) is -3.02. The number of hydrogen-bond acceptors (Lipinski definition) is 21. The molecule has 26 nitrogen and oxygen atoms in total. The van der Waals surface area contributed by atoms with Crippen molar-refractivity contribution in [2.75, 3.05) is 33.5 Å². The SMILES string of the molecule is CCn1c(O)c(C(N)=O)c(C)c(N=Nc2ccc(N=NC)c(S(=O)(=O)O)c2)c1=O.Cc1cc(OCCO)c(N=Nc2c(S(=O)(=O)O)cc3cc(S(=O)(=O)O)cc(O)c3c2O)cc1OCCO. The largest absolute Gasteiger partial charge is 0.507 e. The fraction of sp³-hybridized carbons (Fsp3) is 0.243. The van der Waals surface area contributed by atoms with E-state index in [2.05, 4.69) is 30.7 Å². The zero-order chi connectivity index (χ0) is 49.5. The molecule has 1 aromatic heterocycles. The molecule has 0 spiro atoms. The van der Waals surface area contributed by atoms with Crippen molar-refractivity contribution in [3.8, 4) is 28.9 Å². The van der Waals surface area contributed by atoms with E-state index in [9.17, 15) is 63.8 Å². The van der Waals surface area contributed by atoms with E-state index in [1.54, 1.807) is 13.8 Å². The maximum atomic E-state index is 12.5. The van der Waals surface area contributed by atoms with E-state index in [1.165, 1.54) is 38.2 Å². The number of aliphatic hydroxyl groups excluding tert-OH is 2. The third kappa shape index (κ3) is 11.8. The zero-order valence-electron chi connectivity index (χ0n) is 34.7. The van der Waals surface area contributed by atoms with Crippen LogP contribution in [0.25, 0.3) is 10.8 Å². The van der Waals surface area contributed by atoms with Crippen LogP contribution in [0, 0.1) is 13.8 Å². The average Bonchev–Trinajstić information content (AvgIpc) is 3.21. The standard InChI is InChI=1S/C21H22N2O12S2.C16H18N6O6S/c1-11-6-17(35-5-3-25)14(10-16(11)34-4-2-24)22-23-20-18(37(31,32)33)8-12-7-13(36(28,29)30)9-15(26)19(12)21(20)27;1-4-22-15(24)12(14(17)23)8(2)13(16(22)25)21-19-9-5-6-10(20-18-3)11(7-9)29(26,27)28/h6-10,24-27H,2-5H2,1H3,(H,28,29,30)(H,31,32,33);5-7,24H,4H2,1-3H3,(H2,17,23)(H,26,27,28). The van der Waals surface area contributed by atoms with E-state index in [1.807, 2.05) is 0 Å². The second kappa shape index (κ2) is 20.9. The molecule has 0 atom stereocenters. The molecule has 354 valence electrons. The first-order valence-corrected chi connectivity index (χ1v) is 22.7. The van der Waals surface area contributed by atoms with E-state index < -0.39 is 85.0 Å². The van der Waals surface area contributed by atoms with Gasteiger partial charge in [0.2, 0.25) is 5.88 Å². The molecule has 0 radical (unpaired) electrons. The Hall–Kier alpha value is -6.99. The lowest BCUT2D eigenvalue weighted by Gasteiger charge is -2.13. The summed E-state index contributed by atoms with van der Waals surface area (Å²) >= 11 is 0. The highest BCUT2D eigenvalue weighted by Crippen LogP contribution is 2.46. The first kappa shape index (κ1) is 51.6. The molecule has 1 amide bonds. The van der Waals surface area contributed by atoms with E-state index in [0.717, 1.165) is 22.8 Å². The number of carbonyl (C=O) groups is 1. The summed E-state index contributed by atoms with van der Waals surface area (Å²) in [4.78, 5) is 21.9. The highest BCUT2D eigenvalue weighted by Gasteiger charge is 2.26. The number of phenolic OH excluding ortho intramolecular Hbond substituents is 2. The van der Waals surface area contributed by atoms with Gasteiger partial charge in [0.05, 0.1) is 29.2 Å². The van der Waals surface area contributed by atoms with Crippen molar-refractivity contribution in [1.82, 2.24) is 4.57 Å². The summed E-state index contributed by atoms with van der Waals surface area (Å²) in [6.07, 6.45) is 0. The van der Waals surface area contributed by atoms with Crippen LogP contribution in [0.1, 0.15) is 28.4 Å². The number of nitrogens with two attached hydrogens (primary N) is 1. The van der Waals surface area contributed by atoms with Gasteiger partial charge in [-0.25, -0.2) is 0 Å². The number of benzene rings is 4. The predicted molar refractivity (Wildman–Crippen MR) is 230 cm³/mol. The predicted octanol–water partition coefficient (Wildman–Crippen LogP) is 4.57. The number of aromatic hydroxyl groups is 3. The Morgan fingerprint density at radius 2 is 1.33 bits per heavy atom. The van der Waals surface area contributed by atoms with Crippen LogP contribution in [0.5, 0.6) is 28.9 Å². The van der Waals surface area contributed by atoms with Gasteiger partial charge in [0.25, 0.3) is 41.8 Å². The molecule has 10 N–H and O–H groups in total. The van der Waals surface area contributed by atoms with Crippen molar-refractivity contribution in [3.05, 3.63) is 75.6 Å². The van der Waals surface area contributed by atoms with Crippen molar-refractivity contribution in [2.45, 2.75) is 42.0 Å². The zero-order valence-corrected chi connectivity index (χ0v) is 37.2. The first-order valence-electron chi connectivity index (χ1n) is 18.4. The summed E-state index contributed by atoms with van der Waals surface area (Å²) in [5, 5.41) is 70.8. The molecule has 0 saturated heterocycles. The Morgan fingerprint density at radius 3 is 1.88 bits per heavy atom. The Labute approximate surface area is 373 Å². The van der Waals surface area contributed by atoms with Gasteiger partial charge in [0, 0.05) is 31.3 Å². The Kier molecular flexibility index (Phi) is 16.3. The fourth-order valence-electron chi connectivity index (χ4n) is 5.88. The minimum atomic E-state index is -5.09. The Bertz CT molecular complexity index is 3210. The number of aryl methyl sites for hydroxylation is 1. The van der Waals surface area contributed by atoms with E-state index in [-0.39, 0.29) is 83.7 Å². The van der Waals surface area contributed by atoms with E-state index >= 15 is 0 Å². The normalized spacial score (nSPS) is 12.3. The molecule has 0 aliphatic carbocycles. The van der Waals surface area contributed by atoms with Crippen molar-refractivity contribution in [1.29, 1.82) is 0 Å². The van der Waals surface area contributed by atoms with Crippen molar-refractivity contribution in [2.24, 2.45) is 36.4 Å². The van der Waals surface area contributed by atoms with Crippen LogP contribution in [0.4, 0.5) is 28.4 Å². The summed E-state index contributed by atoms with van der Waals surface area (Å²) in [7, 11) is -13.2. The minimum absolute atomic E-state index is 0.0138. The van der Waals surface area contributed by atoms with Crippen molar-refractivity contribution < 1.29 is 78.7 Å². The molecule has 4 aromatic carbocycles. The lowest BCUT2D eigenvalue weighted by atomic mass is 10.1. The second-order valence-electron chi connectivity index (χ2n) is 13.2. The number of carbonyl (C=O) groups excluding carboxylic acids is 1. The number of aromatic nitrogens is 1. The van der Waals surface area contributed by atoms with Crippen LogP contribution in [-0.2, 0) is 36.9 Å². The van der Waals surface area contributed by atoms with Crippen molar-refractivity contribution in [3.63, 3.8) is 0 Å². The summed E-state index contributed by atoms with van der Waals surface area (Å²) < 4.78 is 110. The van der Waals surface area contributed by atoms with Gasteiger partial charge in [-0.3, -0.25) is 27.8 Å². The molecule has 0 saturated carbocycles. The molecule has 1 heterocycles. The van der Waals surface area contributed by atoms with Crippen molar-refractivity contribution >= 4 is 75.5 Å². The number of fused-ring (bicyclic) bond motifs is 1. The maximum absolute atomic E-state index is 12.5. The van der Waals surface area contributed by atoms with Gasteiger partial charge < -0.3 is 40.7 Å². The van der Waals surface area contributed by atoms with Gasteiger partial charge in [-0.2, -0.15) is 40.6 Å². The van der Waals surface area contributed by atoms with E-state index in [4.69, 9.17) is 25.4 Å². The molecule has 0 aliphatic heterocycles. The van der Waals surface area contributed by atoms with Crippen LogP contribution in [0.15, 0.2) is 98.7 Å². The number of ether oxygens (including phenoxy) is 2.